The molecule has 0 aliphatic carbocycles. The average Bonchev–Trinajstić information content (AvgIpc) is 2.47. The van der Waals surface area contributed by atoms with Crippen LogP contribution in [0.2, 0.25) is 0 Å². The molecule has 0 amide bonds. The van der Waals surface area contributed by atoms with E-state index in [2.05, 4.69) is 4.98 Å². The molecule has 106 valence electrons. The maximum atomic E-state index is 12.5. The minimum absolute atomic E-state index is 0.226. The molecule has 2 rings (SSSR count). The summed E-state index contributed by atoms with van der Waals surface area (Å²) in [6, 6.07) is 3.43. The lowest BCUT2D eigenvalue weighted by Crippen LogP contribution is -2.47. The molecule has 0 N–H and O–H groups in total. The molecule has 1 aromatic heterocycles. The predicted octanol–water partition coefficient (Wildman–Crippen LogP) is 0.651. The van der Waals surface area contributed by atoms with Crippen molar-refractivity contribution >= 4 is 10.2 Å². The van der Waals surface area contributed by atoms with E-state index in [1.165, 1.54) is 8.61 Å². The zero-order chi connectivity index (χ0) is 13.9. The second kappa shape index (κ2) is 5.96. The number of hydrogen-bond acceptors (Lipinski definition) is 4. The maximum absolute atomic E-state index is 12.5. The van der Waals surface area contributed by atoms with Crippen molar-refractivity contribution in [2.45, 2.75) is 13.0 Å². The molecule has 0 saturated carbocycles. The molecule has 1 atom stereocenters. The van der Waals surface area contributed by atoms with Crippen molar-refractivity contribution in [3.8, 4) is 0 Å². The summed E-state index contributed by atoms with van der Waals surface area (Å²) >= 11 is 0. The lowest BCUT2D eigenvalue weighted by atomic mass is 10.1. The van der Waals surface area contributed by atoms with Crippen LogP contribution in [0.4, 0.5) is 0 Å². The van der Waals surface area contributed by atoms with Gasteiger partial charge in [-0.1, -0.05) is 0 Å². The Balaban J connectivity index is 2.15. The summed E-state index contributed by atoms with van der Waals surface area (Å²) in [6.45, 7) is 3.60. The van der Waals surface area contributed by atoms with Gasteiger partial charge in [-0.15, -0.1) is 0 Å². The van der Waals surface area contributed by atoms with Gasteiger partial charge in [0.15, 0.2) is 0 Å². The first-order valence-electron chi connectivity index (χ1n) is 6.24. The normalized spacial score (nSPS) is 19.5. The van der Waals surface area contributed by atoms with Gasteiger partial charge < -0.3 is 4.74 Å². The van der Waals surface area contributed by atoms with Crippen LogP contribution in [-0.4, -0.2) is 55.4 Å². The maximum Gasteiger partial charge on any atom is 0.282 e. The number of nitrogens with zero attached hydrogens (tertiary/aromatic N) is 3. The Morgan fingerprint density at radius 2 is 1.89 bits per heavy atom. The molecular formula is C12H19N3O3S. The number of hydrogen-bond donors (Lipinski definition) is 0. The van der Waals surface area contributed by atoms with Gasteiger partial charge >= 0.3 is 0 Å². The SMILES string of the molecule is CC(c1ccncc1)N(C)S(=O)(=O)N1CCOCC1. The second-order valence-electron chi connectivity index (χ2n) is 4.49. The quantitative estimate of drug-likeness (QED) is 0.815. The highest BCUT2D eigenvalue weighted by molar-refractivity contribution is 7.86. The van der Waals surface area contributed by atoms with E-state index < -0.39 is 10.2 Å². The van der Waals surface area contributed by atoms with Crippen LogP contribution in [0, 0.1) is 0 Å². The van der Waals surface area contributed by atoms with Gasteiger partial charge in [-0.2, -0.15) is 17.0 Å². The highest BCUT2D eigenvalue weighted by atomic mass is 32.2. The van der Waals surface area contributed by atoms with E-state index in [9.17, 15) is 8.42 Å². The van der Waals surface area contributed by atoms with Crippen LogP contribution < -0.4 is 0 Å². The lowest BCUT2D eigenvalue weighted by Gasteiger charge is -2.33. The molecule has 1 saturated heterocycles. The first-order chi connectivity index (χ1) is 9.03. The second-order valence-corrected chi connectivity index (χ2v) is 6.48. The van der Waals surface area contributed by atoms with Gasteiger partial charge in [-0.3, -0.25) is 4.98 Å². The Bertz CT molecular complexity index is 500. The molecule has 7 heteroatoms. The molecule has 1 aliphatic rings. The molecule has 1 unspecified atom stereocenters. The Morgan fingerprint density at radius 1 is 1.32 bits per heavy atom. The zero-order valence-electron chi connectivity index (χ0n) is 11.2. The molecular weight excluding hydrogens is 266 g/mol. The minimum atomic E-state index is -3.44. The minimum Gasteiger partial charge on any atom is -0.379 e. The van der Waals surface area contributed by atoms with Gasteiger partial charge in [0.05, 0.1) is 13.2 Å². The summed E-state index contributed by atoms with van der Waals surface area (Å²) in [5, 5.41) is 0. The third kappa shape index (κ3) is 3.11. The summed E-state index contributed by atoms with van der Waals surface area (Å²) in [5.41, 5.74) is 0.925. The van der Waals surface area contributed by atoms with E-state index in [0.29, 0.717) is 26.3 Å². The van der Waals surface area contributed by atoms with Gasteiger partial charge in [0.25, 0.3) is 10.2 Å². The van der Waals surface area contributed by atoms with Crippen molar-refractivity contribution in [3.63, 3.8) is 0 Å². The Labute approximate surface area is 114 Å². The molecule has 1 aliphatic heterocycles. The highest BCUT2D eigenvalue weighted by Crippen LogP contribution is 2.23. The molecule has 6 nitrogen and oxygen atoms in total. The largest absolute Gasteiger partial charge is 0.379 e. The number of ether oxygens (including phenoxy) is 1. The Kier molecular flexibility index (Phi) is 4.51. The molecule has 1 aromatic rings. The van der Waals surface area contributed by atoms with Crippen LogP contribution in [0.3, 0.4) is 0 Å². The number of pyridine rings is 1. The third-order valence-corrected chi connectivity index (χ3v) is 5.46. The summed E-state index contributed by atoms with van der Waals surface area (Å²) in [4.78, 5) is 3.94. The average molecular weight is 285 g/mol. The fraction of sp³-hybridized carbons (Fsp3) is 0.583. The van der Waals surface area contributed by atoms with Crippen molar-refractivity contribution < 1.29 is 13.2 Å². The number of rotatable bonds is 4. The van der Waals surface area contributed by atoms with E-state index in [1.807, 2.05) is 19.1 Å². The number of aromatic nitrogens is 1. The molecule has 0 spiro atoms. The zero-order valence-corrected chi connectivity index (χ0v) is 12.0. The molecule has 19 heavy (non-hydrogen) atoms. The van der Waals surface area contributed by atoms with Crippen LogP contribution in [0.5, 0.6) is 0 Å². The van der Waals surface area contributed by atoms with Gasteiger partial charge in [-0.05, 0) is 24.6 Å². The molecule has 1 fully saturated rings. The predicted molar refractivity (Wildman–Crippen MR) is 71.7 cm³/mol. The van der Waals surface area contributed by atoms with E-state index >= 15 is 0 Å². The van der Waals surface area contributed by atoms with Gasteiger partial charge in [0.1, 0.15) is 0 Å². The first kappa shape index (κ1) is 14.4. The summed E-state index contributed by atoms with van der Waals surface area (Å²) in [6.07, 6.45) is 3.34. The van der Waals surface area contributed by atoms with Gasteiger partial charge in [-0.25, -0.2) is 0 Å². The van der Waals surface area contributed by atoms with Crippen LogP contribution >= 0.6 is 0 Å². The summed E-state index contributed by atoms with van der Waals surface area (Å²) in [5.74, 6) is 0. The Hall–Kier alpha value is -1.02. The first-order valence-corrected chi connectivity index (χ1v) is 7.64. The fourth-order valence-corrected chi connectivity index (χ4v) is 3.51. The van der Waals surface area contributed by atoms with E-state index in [-0.39, 0.29) is 6.04 Å². The van der Waals surface area contributed by atoms with Crippen molar-refractivity contribution in [2.24, 2.45) is 0 Å². The molecule has 0 aromatic carbocycles. The molecule has 2 heterocycles. The van der Waals surface area contributed by atoms with Crippen LogP contribution in [-0.2, 0) is 14.9 Å². The summed E-state index contributed by atoms with van der Waals surface area (Å²) < 4.78 is 33.0. The monoisotopic (exact) mass is 285 g/mol. The summed E-state index contributed by atoms with van der Waals surface area (Å²) in [7, 11) is -1.84. The van der Waals surface area contributed by atoms with Crippen LogP contribution in [0.25, 0.3) is 0 Å². The van der Waals surface area contributed by atoms with E-state index in [1.54, 1.807) is 19.4 Å². The highest BCUT2D eigenvalue weighted by Gasteiger charge is 2.31. The molecule has 0 bridgehead atoms. The van der Waals surface area contributed by atoms with E-state index in [4.69, 9.17) is 4.74 Å². The molecule has 0 radical (unpaired) electrons. The number of morpholine rings is 1. The Morgan fingerprint density at radius 3 is 2.47 bits per heavy atom. The topological polar surface area (TPSA) is 62.7 Å². The van der Waals surface area contributed by atoms with Crippen molar-refractivity contribution in [1.82, 2.24) is 13.6 Å². The van der Waals surface area contributed by atoms with Crippen LogP contribution in [0.1, 0.15) is 18.5 Å². The van der Waals surface area contributed by atoms with Crippen molar-refractivity contribution in [1.29, 1.82) is 0 Å². The van der Waals surface area contributed by atoms with Crippen molar-refractivity contribution in [2.75, 3.05) is 33.4 Å². The fourth-order valence-electron chi connectivity index (χ4n) is 2.01. The third-order valence-electron chi connectivity index (χ3n) is 3.39. The standard InChI is InChI=1S/C12H19N3O3S/c1-11(12-3-5-13-6-4-12)14(2)19(16,17)15-7-9-18-10-8-15/h3-6,11H,7-10H2,1-2H3. The van der Waals surface area contributed by atoms with E-state index in [0.717, 1.165) is 5.56 Å². The van der Waals surface area contributed by atoms with Crippen LogP contribution in [0.15, 0.2) is 24.5 Å². The smallest absolute Gasteiger partial charge is 0.282 e. The van der Waals surface area contributed by atoms with Gasteiger partial charge in [0.2, 0.25) is 0 Å². The van der Waals surface area contributed by atoms with Gasteiger partial charge in [0, 0.05) is 38.6 Å². The van der Waals surface area contributed by atoms with Crippen molar-refractivity contribution in [3.05, 3.63) is 30.1 Å². The lowest BCUT2D eigenvalue weighted by molar-refractivity contribution is 0.0700.